The average molecular weight is 467 g/mol. The van der Waals surface area contributed by atoms with Crippen molar-refractivity contribution in [2.45, 2.75) is 13.2 Å². The molecule has 0 unspecified atom stereocenters. The summed E-state index contributed by atoms with van der Waals surface area (Å²) in [6, 6.07) is 45.9. The van der Waals surface area contributed by atoms with Gasteiger partial charge in [0.1, 0.15) is 24.7 Å². The number of rotatable bonds is 7. The van der Waals surface area contributed by atoms with E-state index in [2.05, 4.69) is 72.8 Å². The Balaban J connectivity index is 1.53. The molecule has 0 bridgehead atoms. The van der Waals surface area contributed by atoms with Crippen LogP contribution >= 0.6 is 0 Å². The predicted octanol–water partition coefficient (Wildman–Crippen LogP) is 8.82. The van der Waals surface area contributed by atoms with Crippen LogP contribution in [0.2, 0.25) is 0 Å². The van der Waals surface area contributed by atoms with E-state index in [0.29, 0.717) is 13.2 Å². The maximum absolute atomic E-state index is 6.25. The van der Waals surface area contributed by atoms with Crippen LogP contribution in [0.25, 0.3) is 32.7 Å². The van der Waals surface area contributed by atoms with E-state index in [0.717, 1.165) is 22.6 Å². The van der Waals surface area contributed by atoms with Gasteiger partial charge in [-0.15, -0.1) is 0 Å². The van der Waals surface area contributed by atoms with Gasteiger partial charge < -0.3 is 9.47 Å². The van der Waals surface area contributed by atoms with Crippen molar-refractivity contribution >= 4 is 21.5 Å². The lowest BCUT2D eigenvalue weighted by Crippen LogP contribution is -2.03. The topological polar surface area (TPSA) is 18.5 Å². The maximum Gasteiger partial charge on any atom is 0.119 e. The third kappa shape index (κ3) is 4.42. The second kappa shape index (κ2) is 9.97. The number of ether oxygens (including phenoxy) is 2. The Morgan fingerprint density at radius 2 is 0.750 bits per heavy atom. The quantitative estimate of drug-likeness (QED) is 0.234. The van der Waals surface area contributed by atoms with Crippen molar-refractivity contribution in [1.29, 1.82) is 0 Å². The van der Waals surface area contributed by atoms with E-state index in [4.69, 9.17) is 9.47 Å². The Labute approximate surface area is 211 Å². The third-order valence-electron chi connectivity index (χ3n) is 6.56. The van der Waals surface area contributed by atoms with Crippen molar-refractivity contribution in [2.24, 2.45) is 0 Å². The molecule has 0 N–H and O–H groups in total. The first-order valence-corrected chi connectivity index (χ1v) is 12.2. The second-order valence-electron chi connectivity index (χ2n) is 8.85. The molecule has 0 amide bonds. The van der Waals surface area contributed by atoms with Crippen LogP contribution in [-0.4, -0.2) is 0 Å². The molecule has 2 heteroatoms. The molecule has 36 heavy (non-hydrogen) atoms. The van der Waals surface area contributed by atoms with Crippen LogP contribution in [0.5, 0.6) is 11.5 Å². The van der Waals surface area contributed by atoms with Gasteiger partial charge in [-0.1, -0.05) is 109 Å². The average Bonchev–Trinajstić information content (AvgIpc) is 2.95. The summed E-state index contributed by atoms with van der Waals surface area (Å²) in [5.74, 6) is 1.73. The maximum atomic E-state index is 6.25. The van der Waals surface area contributed by atoms with Gasteiger partial charge in [-0.05, 0) is 68.1 Å². The fourth-order valence-corrected chi connectivity index (χ4v) is 4.82. The molecule has 0 aliphatic heterocycles. The fourth-order valence-electron chi connectivity index (χ4n) is 4.82. The normalized spacial score (nSPS) is 11.0. The zero-order chi connectivity index (χ0) is 24.2. The summed E-state index contributed by atoms with van der Waals surface area (Å²) in [5.41, 5.74) is 4.70. The standard InChI is InChI=1S/C34H26O2/c1-3-13-29(14-4-1)35-23-27-21-19-25-11-7-9-17-31(25)33(27)34-28(24-36-30-15-5-2-6-16-30)22-20-26-12-8-10-18-32(26)34/h1-22H,23-24H2. The molecule has 0 radical (unpaired) electrons. The molecule has 0 fully saturated rings. The van der Waals surface area contributed by atoms with Gasteiger partial charge in [0.15, 0.2) is 0 Å². The first kappa shape index (κ1) is 21.9. The van der Waals surface area contributed by atoms with E-state index in [-0.39, 0.29) is 0 Å². The van der Waals surface area contributed by atoms with Crippen LogP contribution < -0.4 is 9.47 Å². The van der Waals surface area contributed by atoms with Crippen molar-refractivity contribution < 1.29 is 9.47 Å². The molecule has 0 heterocycles. The number of hydrogen-bond acceptors (Lipinski definition) is 2. The SMILES string of the molecule is c1ccc(OCc2ccc3ccccc3c2-c2c(COc3ccccc3)ccc3ccccc23)cc1. The molecular weight excluding hydrogens is 440 g/mol. The van der Waals surface area contributed by atoms with E-state index >= 15 is 0 Å². The van der Waals surface area contributed by atoms with E-state index in [1.165, 1.54) is 32.7 Å². The van der Waals surface area contributed by atoms with Crippen LogP contribution in [0.4, 0.5) is 0 Å². The Bertz CT molecular complexity index is 1500. The molecule has 0 saturated carbocycles. The van der Waals surface area contributed by atoms with E-state index in [1.54, 1.807) is 0 Å². The smallest absolute Gasteiger partial charge is 0.119 e. The minimum absolute atomic E-state index is 0.479. The highest BCUT2D eigenvalue weighted by atomic mass is 16.5. The van der Waals surface area contributed by atoms with Crippen molar-refractivity contribution in [3.8, 4) is 22.6 Å². The molecule has 6 aromatic rings. The Hall–Kier alpha value is -4.56. The van der Waals surface area contributed by atoms with Crippen molar-refractivity contribution in [1.82, 2.24) is 0 Å². The number of fused-ring (bicyclic) bond motifs is 2. The highest BCUT2D eigenvalue weighted by Crippen LogP contribution is 2.40. The lowest BCUT2D eigenvalue weighted by atomic mass is 9.87. The minimum Gasteiger partial charge on any atom is -0.489 e. The summed E-state index contributed by atoms with van der Waals surface area (Å²) in [5, 5.41) is 4.84. The zero-order valence-electron chi connectivity index (χ0n) is 19.9. The molecule has 0 aliphatic carbocycles. The van der Waals surface area contributed by atoms with E-state index < -0.39 is 0 Å². The summed E-state index contributed by atoms with van der Waals surface area (Å²) < 4.78 is 12.5. The van der Waals surface area contributed by atoms with E-state index in [1.807, 2.05) is 60.7 Å². The third-order valence-corrected chi connectivity index (χ3v) is 6.56. The molecule has 0 atom stereocenters. The number of para-hydroxylation sites is 2. The van der Waals surface area contributed by atoms with Gasteiger partial charge in [-0.2, -0.15) is 0 Å². The van der Waals surface area contributed by atoms with Crippen LogP contribution in [0, 0.1) is 0 Å². The minimum atomic E-state index is 0.479. The zero-order valence-corrected chi connectivity index (χ0v) is 19.9. The van der Waals surface area contributed by atoms with Crippen LogP contribution in [-0.2, 0) is 13.2 Å². The lowest BCUT2D eigenvalue weighted by molar-refractivity contribution is 0.305. The summed E-state index contributed by atoms with van der Waals surface area (Å²) in [7, 11) is 0. The molecular formula is C34H26O2. The van der Waals surface area contributed by atoms with Crippen LogP contribution in [0.3, 0.4) is 0 Å². The fraction of sp³-hybridized carbons (Fsp3) is 0.0588. The van der Waals surface area contributed by atoms with Gasteiger partial charge >= 0.3 is 0 Å². The van der Waals surface area contributed by atoms with Gasteiger partial charge in [0, 0.05) is 0 Å². The van der Waals surface area contributed by atoms with Crippen LogP contribution in [0.1, 0.15) is 11.1 Å². The first-order valence-electron chi connectivity index (χ1n) is 12.2. The van der Waals surface area contributed by atoms with E-state index in [9.17, 15) is 0 Å². The molecule has 174 valence electrons. The highest BCUT2D eigenvalue weighted by molar-refractivity contribution is 6.07. The lowest BCUT2D eigenvalue weighted by Gasteiger charge is -2.20. The van der Waals surface area contributed by atoms with Crippen molar-refractivity contribution in [2.75, 3.05) is 0 Å². The summed E-state index contributed by atoms with van der Waals surface area (Å²) in [4.78, 5) is 0. The Kier molecular flexibility index (Phi) is 6.08. The second-order valence-corrected chi connectivity index (χ2v) is 8.85. The predicted molar refractivity (Wildman–Crippen MR) is 148 cm³/mol. The molecule has 0 aliphatic rings. The number of hydrogen-bond donors (Lipinski definition) is 0. The van der Waals surface area contributed by atoms with Gasteiger partial charge in [-0.25, -0.2) is 0 Å². The number of benzene rings is 6. The van der Waals surface area contributed by atoms with Gasteiger partial charge in [0.25, 0.3) is 0 Å². The van der Waals surface area contributed by atoms with Crippen molar-refractivity contribution in [3.63, 3.8) is 0 Å². The highest BCUT2D eigenvalue weighted by Gasteiger charge is 2.18. The van der Waals surface area contributed by atoms with Gasteiger partial charge in [0.05, 0.1) is 0 Å². The van der Waals surface area contributed by atoms with Crippen LogP contribution in [0.15, 0.2) is 133 Å². The molecule has 0 spiro atoms. The Morgan fingerprint density at radius 3 is 1.19 bits per heavy atom. The largest absolute Gasteiger partial charge is 0.489 e. The molecule has 0 aromatic heterocycles. The molecule has 0 saturated heterocycles. The van der Waals surface area contributed by atoms with Gasteiger partial charge in [-0.3, -0.25) is 0 Å². The Morgan fingerprint density at radius 1 is 0.361 bits per heavy atom. The monoisotopic (exact) mass is 466 g/mol. The van der Waals surface area contributed by atoms with Gasteiger partial charge in [0.2, 0.25) is 0 Å². The molecule has 2 nitrogen and oxygen atoms in total. The molecule has 6 rings (SSSR count). The summed E-state index contributed by atoms with van der Waals surface area (Å²) in [6.45, 7) is 0.957. The van der Waals surface area contributed by atoms with Crippen molar-refractivity contribution in [3.05, 3.63) is 145 Å². The summed E-state index contributed by atoms with van der Waals surface area (Å²) in [6.07, 6.45) is 0. The summed E-state index contributed by atoms with van der Waals surface area (Å²) >= 11 is 0. The first-order chi connectivity index (χ1) is 17.9. The molecule has 6 aromatic carbocycles.